The highest BCUT2D eigenvalue weighted by Crippen LogP contribution is 2.46. The number of alkyl halides is 4. The summed E-state index contributed by atoms with van der Waals surface area (Å²) in [6, 6.07) is 4.34. The first-order chi connectivity index (χ1) is 25.3. The fourth-order valence-electron chi connectivity index (χ4n) is 9.49. The molecule has 0 spiro atoms. The van der Waals surface area contributed by atoms with Gasteiger partial charge in [-0.1, -0.05) is 12.0 Å². The molecule has 6 heterocycles. The lowest BCUT2D eigenvalue weighted by Crippen LogP contribution is -2.56. The number of aromatic nitrogens is 4. The standard InChI is InChI=1S/C38H35F6N7O2/c1-3-25-28(40)8-5-20-11-24(52)12-26(29(20)25)30-32(41)34-31(27-17-48(2)47-33(27)30)35(49-15-22-6-7-23(16-49)51(22)18-38(42,43)44)46-36(45-34)53-19-37-9-4-10-50(37)14-21(39)13-37/h1,5,8,11-12,17,21-23,52H,4,6-7,9-10,13-16,18-19H2,2H3/t21-,22-,23+,37+/m1/s1. The zero-order valence-corrected chi connectivity index (χ0v) is 28.7. The van der Waals surface area contributed by atoms with Gasteiger partial charge in [0.25, 0.3) is 0 Å². The maximum Gasteiger partial charge on any atom is 0.401 e. The number of rotatable bonds is 6. The fraction of sp³-hybridized carbons (Fsp3) is 0.447. The lowest BCUT2D eigenvalue weighted by Gasteiger charge is -2.42. The van der Waals surface area contributed by atoms with Gasteiger partial charge < -0.3 is 14.7 Å². The number of anilines is 1. The molecule has 3 aromatic carbocycles. The topological polar surface area (TPSA) is 82.8 Å². The Morgan fingerprint density at radius 2 is 1.83 bits per heavy atom. The molecular formula is C38H35F6N7O2. The van der Waals surface area contributed by atoms with E-state index in [0.717, 1.165) is 13.0 Å². The van der Waals surface area contributed by atoms with Crippen molar-refractivity contribution in [3.05, 3.63) is 47.7 Å². The van der Waals surface area contributed by atoms with E-state index in [1.165, 1.54) is 33.8 Å². The van der Waals surface area contributed by atoms with E-state index in [0.29, 0.717) is 36.6 Å². The van der Waals surface area contributed by atoms with Crippen LogP contribution in [0.1, 0.15) is 37.7 Å². The van der Waals surface area contributed by atoms with Crippen LogP contribution >= 0.6 is 0 Å². The van der Waals surface area contributed by atoms with E-state index in [1.54, 1.807) is 13.2 Å². The van der Waals surface area contributed by atoms with Crippen LogP contribution in [0, 0.1) is 24.0 Å². The van der Waals surface area contributed by atoms with E-state index in [4.69, 9.17) is 16.1 Å². The summed E-state index contributed by atoms with van der Waals surface area (Å²) >= 11 is 0. The molecule has 1 N–H and O–H groups in total. The number of phenolic OH excluding ortho intramolecular Hbond substituents is 1. The van der Waals surface area contributed by atoms with E-state index in [9.17, 15) is 22.7 Å². The Hall–Kier alpha value is -4.81. The van der Waals surface area contributed by atoms with E-state index in [-0.39, 0.29) is 82.2 Å². The molecule has 4 aliphatic rings. The van der Waals surface area contributed by atoms with Crippen LogP contribution in [-0.4, -0.2) is 104 Å². The van der Waals surface area contributed by atoms with Crippen molar-refractivity contribution in [1.29, 1.82) is 0 Å². The number of hydrogen-bond donors (Lipinski definition) is 1. The Morgan fingerprint density at radius 3 is 2.57 bits per heavy atom. The van der Waals surface area contributed by atoms with Gasteiger partial charge in [-0.15, -0.1) is 6.42 Å². The molecule has 0 amide bonds. The molecule has 9 nitrogen and oxygen atoms in total. The van der Waals surface area contributed by atoms with Crippen LogP contribution in [0.3, 0.4) is 0 Å². The van der Waals surface area contributed by atoms with E-state index >= 15 is 8.78 Å². The highest BCUT2D eigenvalue weighted by Gasteiger charge is 2.50. The van der Waals surface area contributed by atoms with Crippen molar-refractivity contribution < 1.29 is 36.2 Å². The van der Waals surface area contributed by atoms with Crippen molar-refractivity contribution in [2.45, 2.75) is 62.1 Å². The average molecular weight is 736 g/mol. The van der Waals surface area contributed by atoms with Gasteiger partial charge in [-0.2, -0.15) is 28.2 Å². The first kappa shape index (κ1) is 34.0. The van der Waals surface area contributed by atoms with Crippen molar-refractivity contribution in [3.63, 3.8) is 0 Å². The normalized spacial score (nSPS) is 24.9. The van der Waals surface area contributed by atoms with Crippen LogP contribution in [0.2, 0.25) is 0 Å². The Kier molecular flexibility index (Phi) is 7.76. The maximum atomic E-state index is 17.6. The minimum atomic E-state index is -4.36. The monoisotopic (exact) mass is 735 g/mol. The molecule has 53 heavy (non-hydrogen) atoms. The summed E-state index contributed by atoms with van der Waals surface area (Å²) < 4.78 is 96.0. The minimum Gasteiger partial charge on any atom is -0.508 e. The zero-order chi connectivity index (χ0) is 37.0. The molecule has 4 aliphatic heterocycles. The molecule has 15 heteroatoms. The van der Waals surface area contributed by atoms with Crippen molar-refractivity contribution in [2.24, 2.45) is 7.05 Å². The number of fused-ring (bicyclic) bond motifs is 7. The van der Waals surface area contributed by atoms with Crippen LogP contribution in [-0.2, 0) is 7.05 Å². The molecule has 2 bridgehead atoms. The number of aromatic hydroxyl groups is 1. The number of nitrogens with zero attached hydrogens (tertiary/aromatic N) is 7. The zero-order valence-electron chi connectivity index (χ0n) is 28.7. The van der Waals surface area contributed by atoms with Crippen molar-refractivity contribution in [1.82, 2.24) is 29.5 Å². The number of aryl methyl sites for hydroxylation is 1. The summed E-state index contributed by atoms with van der Waals surface area (Å²) in [6.07, 6.45) is 5.06. The molecule has 5 aromatic rings. The molecule has 276 valence electrons. The highest BCUT2D eigenvalue weighted by molar-refractivity contribution is 6.18. The predicted octanol–water partition coefficient (Wildman–Crippen LogP) is 6.47. The summed E-state index contributed by atoms with van der Waals surface area (Å²) in [6.45, 7) is 0.473. The first-order valence-corrected chi connectivity index (χ1v) is 17.7. The summed E-state index contributed by atoms with van der Waals surface area (Å²) in [5, 5.41) is 16.7. The average Bonchev–Trinajstić information content (AvgIpc) is 3.81. The summed E-state index contributed by atoms with van der Waals surface area (Å²) in [4.78, 5) is 14.9. The molecule has 4 saturated heterocycles. The SMILES string of the molecule is C#Cc1c(F)ccc2cc(O)cc(-c3c(F)c4nc(OC[C@@]56CCCN5C[C@H](F)C6)nc(N5C[C@H]6CC[C@@H](C5)N6CC(F)(F)F)c4c4cn(C)nc34)c12. The Labute approximate surface area is 300 Å². The first-order valence-electron chi connectivity index (χ1n) is 17.7. The second kappa shape index (κ2) is 12.1. The second-order valence-corrected chi connectivity index (χ2v) is 14.9. The van der Waals surface area contributed by atoms with Gasteiger partial charge in [-0.3, -0.25) is 14.5 Å². The highest BCUT2D eigenvalue weighted by atomic mass is 19.4. The van der Waals surface area contributed by atoms with Crippen LogP contribution in [0.5, 0.6) is 11.8 Å². The van der Waals surface area contributed by atoms with E-state index in [2.05, 4.69) is 20.9 Å². The smallest absolute Gasteiger partial charge is 0.401 e. The third-order valence-corrected chi connectivity index (χ3v) is 11.6. The molecule has 0 aliphatic carbocycles. The van der Waals surface area contributed by atoms with Crippen LogP contribution in [0.15, 0.2) is 30.5 Å². The number of halogens is 6. The molecule has 4 atom stereocenters. The van der Waals surface area contributed by atoms with E-state index in [1.807, 2.05) is 4.90 Å². The van der Waals surface area contributed by atoms with Crippen LogP contribution in [0.4, 0.5) is 32.2 Å². The number of benzene rings is 3. The molecule has 9 rings (SSSR count). The third-order valence-electron chi connectivity index (χ3n) is 11.6. The number of phenols is 1. The number of terminal acetylenes is 1. The third kappa shape index (κ3) is 5.51. The Balaban J connectivity index is 1.26. The van der Waals surface area contributed by atoms with Gasteiger partial charge in [0.05, 0.1) is 23.0 Å². The van der Waals surface area contributed by atoms with E-state index < -0.39 is 48.1 Å². The largest absolute Gasteiger partial charge is 0.508 e. The second-order valence-electron chi connectivity index (χ2n) is 14.9. The van der Waals surface area contributed by atoms with Crippen molar-refractivity contribution >= 4 is 38.4 Å². The lowest BCUT2D eigenvalue weighted by molar-refractivity contribution is -0.153. The van der Waals surface area contributed by atoms with Gasteiger partial charge in [-0.25, -0.2) is 13.2 Å². The van der Waals surface area contributed by atoms with Crippen LogP contribution in [0.25, 0.3) is 43.7 Å². The Bertz CT molecular complexity index is 2340. The van der Waals surface area contributed by atoms with Gasteiger partial charge >= 0.3 is 12.2 Å². The summed E-state index contributed by atoms with van der Waals surface area (Å²) in [5.41, 5.74) is -0.668. The Morgan fingerprint density at radius 1 is 1.06 bits per heavy atom. The molecule has 0 saturated carbocycles. The maximum absolute atomic E-state index is 17.6. The molecule has 2 aromatic heterocycles. The molecule has 0 radical (unpaired) electrons. The lowest BCUT2D eigenvalue weighted by atomic mass is 9.91. The van der Waals surface area contributed by atoms with Gasteiger partial charge in [0, 0.05) is 67.7 Å². The minimum absolute atomic E-state index is 0.0641. The summed E-state index contributed by atoms with van der Waals surface area (Å²) in [5.74, 6) is 0.880. The fourth-order valence-corrected chi connectivity index (χ4v) is 9.49. The molecule has 0 unspecified atom stereocenters. The predicted molar refractivity (Wildman–Crippen MR) is 187 cm³/mol. The number of hydrogen-bond acceptors (Lipinski definition) is 8. The number of piperazine rings is 1. The van der Waals surface area contributed by atoms with Gasteiger partial charge in [0.15, 0.2) is 5.82 Å². The van der Waals surface area contributed by atoms with Crippen LogP contribution < -0.4 is 9.64 Å². The molecule has 4 fully saturated rings. The van der Waals surface area contributed by atoms with Crippen molar-refractivity contribution in [2.75, 3.05) is 44.2 Å². The number of ether oxygens (including phenoxy) is 1. The summed E-state index contributed by atoms with van der Waals surface area (Å²) in [7, 11) is 1.65. The van der Waals surface area contributed by atoms with Crippen molar-refractivity contribution in [3.8, 4) is 35.2 Å². The molecular weight excluding hydrogens is 700 g/mol. The van der Waals surface area contributed by atoms with Gasteiger partial charge in [0.2, 0.25) is 0 Å². The van der Waals surface area contributed by atoms with Gasteiger partial charge in [0.1, 0.15) is 41.2 Å². The van der Waals surface area contributed by atoms with Gasteiger partial charge in [-0.05, 0) is 61.4 Å². The quantitative estimate of drug-likeness (QED) is 0.157.